The molecule has 2 amide bonds. The summed E-state index contributed by atoms with van der Waals surface area (Å²) in [5, 5.41) is 5.82. The van der Waals surface area contributed by atoms with Crippen LogP contribution in [0.2, 0.25) is 0 Å². The van der Waals surface area contributed by atoms with E-state index >= 15 is 4.39 Å². The van der Waals surface area contributed by atoms with Crippen LogP contribution in [-0.2, 0) is 15.7 Å². The van der Waals surface area contributed by atoms with Gasteiger partial charge in [0, 0.05) is 42.3 Å². The Morgan fingerprint density at radius 2 is 1.64 bits per heavy atom. The third-order valence-electron chi connectivity index (χ3n) is 7.52. The van der Waals surface area contributed by atoms with E-state index in [0.717, 1.165) is 18.2 Å². The van der Waals surface area contributed by atoms with E-state index in [9.17, 15) is 17.8 Å². The third-order valence-corrected chi connectivity index (χ3v) is 8.69. The number of hydrogen-bond donors (Lipinski definition) is 3. The number of ether oxygens (including phenoxy) is 2. The van der Waals surface area contributed by atoms with E-state index in [-0.39, 0.29) is 17.3 Å². The molecule has 2 heterocycles. The molecule has 5 aromatic rings. The molecular formula is C33H29F3N6O4S. The molecular weight excluding hydrogens is 633 g/mol. The molecule has 1 aromatic heterocycles. The number of carbonyl (C=O) groups is 1. The SMILES string of the molecule is CNC(=O)Nc1ccc(-c2nc(N3CCOCC3)c3cc(-c4cccc(NS(=O)c5c(F)cccc5F)c4F)cc(OC)c3n2)cc1. The molecule has 1 unspecified atom stereocenters. The summed E-state index contributed by atoms with van der Waals surface area (Å²) >= 11 is 0. The van der Waals surface area contributed by atoms with Crippen molar-refractivity contribution in [3.63, 3.8) is 0 Å². The zero-order valence-electron chi connectivity index (χ0n) is 25.3. The number of hydrogen-bond acceptors (Lipinski definition) is 7. The van der Waals surface area contributed by atoms with Gasteiger partial charge in [-0.2, -0.15) is 0 Å². The van der Waals surface area contributed by atoms with Gasteiger partial charge in [-0.15, -0.1) is 0 Å². The van der Waals surface area contributed by atoms with Gasteiger partial charge in [-0.3, -0.25) is 4.72 Å². The maximum Gasteiger partial charge on any atom is 0.318 e. The smallest absolute Gasteiger partial charge is 0.318 e. The van der Waals surface area contributed by atoms with Crippen molar-refractivity contribution in [3.05, 3.63) is 90.2 Å². The molecule has 10 nitrogen and oxygen atoms in total. The summed E-state index contributed by atoms with van der Waals surface area (Å²) in [5.74, 6) is -1.46. The fourth-order valence-corrected chi connectivity index (χ4v) is 6.13. The number of anilines is 3. The average molecular weight is 663 g/mol. The molecule has 1 aliphatic rings. The number of urea groups is 1. The van der Waals surface area contributed by atoms with E-state index in [0.29, 0.717) is 71.4 Å². The van der Waals surface area contributed by atoms with Crippen molar-refractivity contribution in [3.8, 4) is 28.3 Å². The number of methoxy groups -OCH3 is 1. The Morgan fingerprint density at radius 1 is 0.936 bits per heavy atom. The predicted molar refractivity (Wildman–Crippen MR) is 174 cm³/mol. The number of rotatable bonds is 8. The molecule has 242 valence electrons. The number of halogens is 3. The van der Waals surface area contributed by atoms with Crippen molar-refractivity contribution in [2.45, 2.75) is 4.90 Å². The van der Waals surface area contributed by atoms with E-state index in [1.54, 1.807) is 36.4 Å². The number of nitrogens with zero attached hydrogens (tertiary/aromatic N) is 3. The fourth-order valence-electron chi connectivity index (χ4n) is 5.18. The first kappa shape index (κ1) is 31.8. The maximum atomic E-state index is 16.0. The number of nitrogens with one attached hydrogen (secondary N) is 3. The van der Waals surface area contributed by atoms with Crippen LogP contribution in [0, 0.1) is 17.5 Å². The van der Waals surface area contributed by atoms with Crippen LogP contribution in [0.4, 0.5) is 35.2 Å². The summed E-state index contributed by atoms with van der Waals surface area (Å²) in [5.41, 5.74) is 2.09. The topological polar surface area (TPSA) is 118 Å². The van der Waals surface area contributed by atoms with Gasteiger partial charge in [0.15, 0.2) is 22.6 Å². The largest absolute Gasteiger partial charge is 0.494 e. The molecule has 0 radical (unpaired) electrons. The molecule has 1 fully saturated rings. The molecule has 3 N–H and O–H groups in total. The first-order valence-corrected chi connectivity index (χ1v) is 15.7. The van der Waals surface area contributed by atoms with Crippen LogP contribution in [0.3, 0.4) is 0 Å². The van der Waals surface area contributed by atoms with Crippen molar-refractivity contribution >= 4 is 45.1 Å². The highest BCUT2D eigenvalue weighted by atomic mass is 32.2. The van der Waals surface area contributed by atoms with Crippen molar-refractivity contribution in [2.24, 2.45) is 0 Å². The quantitative estimate of drug-likeness (QED) is 0.184. The van der Waals surface area contributed by atoms with Crippen molar-refractivity contribution in [1.29, 1.82) is 0 Å². The Balaban J connectivity index is 1.44. The maximum absolute atomic E-state index is 16.0. The number of benzene rings is 4. The zero-order valence-corrected chi connectivity index (χ0v) is 26.1. The lowest BCUT2D eigenvalue weighted by atomic mass is 10.0. The van der Waals surface area contributed by atoms with Gasteiger partial charge >= 0.3 is 6.03 Å². The van der Waals surface area contributed by atoms with E-state index in [1.807, 2.05) is 0 Å². The number of carbonyl (C=O) groups excluding carboxylic acids is 1. The van der Waals surface area contributed by atoms with Gasteiger partial charge in [0.05, 0.1) is 26.0 Å². The first-order chi connectivity index (χ1) is 22.8. The molecule has 1 aliphatic heterocycles. The number of aromatic nitrogens is 2. The van der Waals surface area contributed by atoms with Crippen LogP contribution in [-0.4, -0.2) is 60.7 Å². The molecule has 47 heavy (non-hydrogen) atoms. The second-order valence-electron chi connectivity index (χ2n) is 10.4. The number of amides is 2. The minimum absolute atomic E-state index is 0.123. The lowest BCUT2D eigenvalue weighted by Gasteiger charge is -2.29. The second-order valence-corrected chi connectivity index (χ2v) is 11.6. The van der Waals surface area contributed by atoms with Crippen LogP contribution >= 0.6 is 0 Å². The summed E-state index contributed by atoms with van der Waals surface area (Å²) in [7, 11) is 0.587. The highest BCUT2D eigenvalue weighted by Gasteiger charge is 2.23. The summed E-state index contributed by atoms with van der Waals surface area (Å²) in [6.45, 7) is 2.08. The van der Waals surface area contributed by atoms with Gasteiger partial charge in [-0.25, -0.2) is 32.1 Å². The third kappa shape index (κ3) is 6.55. The Kier molecular flexibility index (Phi) is 9.22. The zero-order chi connectivity index (χ0) is 33.1. The second kappa shape index (κ2) is 13.6. The van der Waals surface area contributed by atoms with Crippen molar-refractivity contribution in [1.82, 2.24) is 15.3 Å². The van der Waals surface area contributed by atoms with Gasteiger partial charge in [0.2, 0.25) is 0 Å². The van der Waals surface area contributed by atoms with Gasteiger partial charge in [0.1, 0.15) is 33.6 Å². The van der Waals surface area contributed by atoms with Crippen molar-refractivity contribution < 1.29 is 31.6 Å². The highest BCUT2D eigenvalue weighted by molar-refractivity contribution is 7.86. The standard InChI is InChI=1S/C33H29F3N6O4S/c1-37-33(43)38-21-11-9-19(10-12-21)31-39-29-23(32(40-31)42-13-15-46-16-14-42)17-20(18-27(29)45-2)22-5-3-8-26(28(22)36)41-47(44)30-24(34)6-4-7-25(30)35/h3-12,17-18,41H,13-16H2,1-2H3,(H2,37,38,43). The molecule has 0 aliphatic carbocycles. The predicted octanol–water partition coefficient (Wildman–Crippen LogP) is 6.11. The monoisotopic (exact) mass is 662 g/mol. The van der Waals surface area contributed by atoms with Crippen LogP contribution in [0.15, 0.2) is 77.7 Å². The summed E-state index contributed by atoms with van der Waals surface area (Å²) in [6.07, 6.45) is 0. The molecule has 4 aromatic carbocycles. The molecule has 0 bridgehead atoms. The lowest BCUT2D eigenvalue weighted by Crippen LogP contribution is -2.37. The normalized spacial score (nSPS) is 13.7. The summed E-state index contributed by atoms with van der Waals surface area (Å²) in [4.78, 5) is 22.8. The van der Waals surface area contributed by atoms with Crippen LogP contribution < -0.4 is 25.0 Å². The number of fused-ring (bicyclic) bond motifs is 1. The highest BCUT2D eigenvalue weighted by Crippen LogP contribution is 2.39. The van der Waals surface area contributed by atoms with Gasteiger partial charge < -0.3 is 25.0 Å². The van der Waals surface area contributed by atoms with Gasteiger partial charge in [0.25, 0.3) is 0 Å². The Morgan fingerprint density at radius 3 is 2.32 bits per heavy atom. The Bertz CT molecular complexity index is 1970. The van der Waals surface area contributed by atoms with Gasteiger partial charge in [-0.05, 0) is 60.2 Å². The summed E-state index contributed by atoms with van der Waals surface area (Å²) < 4.78 is 71.1. The molecule has 1 saturated heterocycles. The molecule has 1 atom stereocenters. The Labute approximate surface area is 270 Å². The van der Waals surface area contributed by atoms with Crippen LogP contribution in [0.25, 0.3) is 33.4 Å². The number of morpholine rings is 1. The van der Waals surface area contributed by atoms with Crippen LogP contribution in [0.5, 0.6) is 5.75 Å². The van der Waals surface area contributed by atoms with Crippen LogP contribution in [0.1, 0.15) is 0 Å². The summed E-state index contributed by atoms with van der Waals surface area (Å²) in [6, 6.07) is 17.6. The van der Waals surface area contributed by atoms with E-state index in [2.05, 4.69) is 20.3 Å². The molecule has 0 spiro atoms. The minimum Gasteiger partial charge on any atom is -0.494 e. The lowest BCUT2D eigenvalue weighted by molar-refractivity contribution is 0.122. The Hall–Kier alpha value is -5.21. The first-order valence-electron chi connectivity index (χ1n) is 14.5. The molecule has 0 saturated carbocycles. The minimum atomic E-state index is -2.42. The average Bonchev–Trinajstić information content (AvgIpc) is 3.08. The van der Waals surface area contributed by atoms with E-state index in [1.165, 1.54) is 32.4 Å². The van der Waals surface area contributed by atoms with Crippen molar-refractivity contribution in [2.75, 3.05) is 55.4 Å². The fraction of sp³-hybridized carbons (Fsp3) is 0.182. The van der Waals surface area contributed by atoms with Gasteiger partial charge in [-0.1, -0.05) is 18.2 Å². The van der Waals surface area contributed by atoms with E-state index in [4.69, 9.17) is 19.4 Å². The molecule has 6 rings (SSSR count). The molecule has 14 heteroatoms. The van der Waals surface area contributed by atoms with E-state index < -0.39 is 33.3 Å².